The first-order valence-electron chi connectivity index (χ1n) is 4.06. The van der Waals surface area contributed by atoms with Crippen LogP contribution in [0.25, 0.3) is 0 Å². The van der Waals surface area contributed by atoms with Crippen LogP contribution in [-0.4, -0.2) is 5.66 Å². The molecule has 0 fully saturated rings. The summed E-state index contributed by atoms with van der Waals surface area (Å²) in [6.45, 7) is 4.51. The van der Waals surface area contributed by atoms with Crippen molar-refractivity contribution in [3.63, 3.8) is 0 Å². The van der Waals surface area contributed by atoms with Gasteiger partial charge in [-0.3, -0.25) is 0 Å². The fourth-order valence-corrected chi connectivity index (χ4v) is 1.10. The average molecular weight is 146 g/mol. The molecule has 0 nitrogen and oxygen atoms in total. The highest BCUT2D eigenvalue weighted by Crippen LogP contribution is 2.13. The molecule has 0 amide bonds. The summed E-state index contributed by atoms with van der Waals surface area (Å²) in [6, 6.07) is 0. The number of rotatable bonds is 5. The van der Waals surface area contributed by atoms with Crippen LogP contribution >= 0.6 is 9.24 Å². The Morgan fingerprint density at radius 3 is 2.33 bits per heavy atom. The Morgan fingerprint density at radius 2 is 1.89 bits per heavy atom. The summed E-state index contributed by atoms with van der Waals surface area (Å²) in [5, 5.41) is 0. The van der Waals surface area contributed by atoms with Gasteiger partial charge < -0.3 is 0 Å². The van der Waals surface area contributed by atoms with Gasteiger partial charge in [-0.15, -0.1) is 9.24 Å². The standard InChI is InChI=1S/C8H19P/c1-3-5-6-7-8(9)4-2/h8H,3-7,9H2,1-2H3. The molecule has 0 aromatic rings. The Kier molecular flexibility index (Phi) is 6.86. The molecule has 0 N–H and O–H groups in total. The van der Waals surface area contributed by atoms with E-state index in [-0.39, 0.29) is 0 Å². The molecule has 0 aliphatic rings. The third-order valence-corrected chi connectivity index (χ3v) is 2.51. The predicted octanol–water partition coefficient (Wildman–Crippen LogP) is 3.22. The van der Waals surface area contributed by atoms with E-state index in [0.29, 0.717) is 0 Å². The highest BCUT2D eigenvalue weighted by molar-refractivity contribution is 7.17. The lowest BCUT2D eigenvalue weighted by atomic mass is 10.1. The Labute approximate surface area is 61.6 Å². The summed E-state index contributed by atoms with van der Waals surface area (Å²) in [6.07, 6.45) is 6.88. The van der Waals surface area contributed by atoms with Crippen LogP contribution in [0.4, 0.5) is 0 Å². The van der Waals surface area contributed by atoms with Crippen molar-refractivity contribution in [1.82, 2.24) is 0 Å². The molecule has 0 saturated carbocycles. The van der Waals surface area contributed by atoms with Gasteiger partial charge in [-0.1, -0.05) is 33.1 Å². The molecule has 2 atom stereocenters. The third kappa shape index (κ3) is 6.31. The Morgan fingerprint density at radius 1 is 1.22 bits per heavy atom. The first-order chi connectivity index (χ1) is 4.31. The molecule has 9 heavy (non-hydrogen) atoms. The minimum absolute atomic E-state index is 0.872. The maximum absolute atomic E-state index is 2.90. The van der Waals surface area contributed by atoms with E-state index in [4.69, 9.17) is 0 Å². The maximum Gasteiger partial charge on any atom is -0.0267 e. The lowest BCUT2D eigenvalue weighted by Gasteiger charge is -2.05. The van der Waals surface area contributed by atoms with E-state index in [0.717, 1.165) is 5.66 Å². The van der Waals surface area contributed by atoms with Crippen LogP contribution in [0.3, 0.4) is 0 Å². The van der Waals surface area contributed by atoms with E-state index in [1.54, 1.807) is 0 Å². The lowest BCUT2D eigenvalue weighted by molar-refractivity contribution is 0.635. The van der Waals surface area contributed by atoms with E-state index >= 15 is 0 Å². The molecule has 0 spiro atoms. The Bertz CT molecular complexity index is 52.5. The fraction of sp³-hybridized carbons (Fsp3) is 1.00. The zero-order chi connectivity index (χ0) is 7.11. The molecule has 0 heterocycles. The number of unbranched alkanes of at least 4 members (excludes halogenated alkanes) is 2. The number of hydrogen-bond acceptors (Lipinski definition) is 0. The smallest absolute Gasteiger partial charge is 0.0267 e. The van der Waals surface area contributed by atoms with Gasteiger partial charge in [-0.05, 0) is 18.5 Å². The van der Waals surface area contributed by atoms with Gasteiger partial charge in [-0.25, -0.2) is 0 Å². The predicted molar refractivity (Wildman–Crippen MR) is 47.9 cm³/mol. The van der Waals surface area contributed by atoms with E-state index in [9.17, 15) is 0 Å². The maximum atomic E-state index is 2.90. The minimum atomic E-state index is 0.872. The Hall–Kier alpha value is 0.430. The van der Waals surface area contributed by atoms with Crippen LogP contribution in [0, 0.1) is 0 Å². The van der Waals surface area contributed by atoms with E-state index in [1.807, 2.05) is 0 Å². The molecule has 1 heteroatoms. The highest BCUT2D eigenvalue weighted by atomic mass is 31.0. The van der Waals surface area contributed by atoms with Crippen LogP contribution < -0.4 is 0 Å². The van der Waals surface area contributed by atoms with Crippen molar-refractivity contribution in [2.45, 2.75) is 51.6 Å². The fourth-order valence-electron chi connectivity index (χ4n) is 0.861. The van der Waals surface area contributed by atoms with Crippen LogP contribution in [0.5, 0.6) is 0 Å². The average Bonchev–Trinajstić information content (AvgIpc) is 1.89. The van der Waals surface area contributed by atoms with Gasteiger partial charge in [-0.2, -0.15) is 0 Å². The third-order valence-electron chi connectivity index (χ3n) is 1.70. The van der Waals surface area contributed by atoms with E-state index in [1.165, 1.54) is 32.1 Å². The molecule has 0 rings (SSSR count). The number of hydrogen-bond donors (Lipinski definition) is 0. The van der Waals surface area contributed by atoms with Crippen LogP contribution in [0.1, 0.15) is 46.0 Å². The first-order valence-corrected chi connectivity index (χ1v) is 4.73. The summed E-state index contributed by atoms with van der Waals surface area (Å²) in [4.78, 5) is 0. The second kappa shape index (κ2) is 6.55. The van der Waals surface area contributed by atoms with Gasteiger partial charge in [0.05, 0.1) is 0 Å². The molecular formula is C8H19P. The largest absolute Gasteiger partial charge is 0.134 e. The summed E-state index contributed by atoms with van der Waals surface area (Å²) < 4.78 is 0. The van der Waals surface area contributed by atoms with Gasteiger partial charge >= 0.3 is 0 Å². The van der Waals surface area contributed by atoms with Crippen molar-refractivity contribution in [2.75, 3.05) is 0 Å². The molecule has 0 saturated heterocycles. The van der Waals surface area contributed by atoms with Crippen LogP contribution in [-0.2, 0) is 0 Å². The Balaban J connectivity index is 2.88. The summed E-state index contributed by atoms with van der Waals surface area (Å²) >= 11 is 0. The van der Waals surface area contributed by atoms with Crippen molar-refractivity contribution >= 4 is 9.24 Å². The summed E-state index contributed by atoms with van der Waals surface area (Å²) in [5.41, 5.74) is 0.872. The topological polar surface area (TPSA) is 0 Å². The summed E-state index contributed by atoms with van der Waals surface area (Å²) in [5.74, 6) is 0. The van der Waals surface area contributed by atoms with Crippen molar-refractivity contribution in [3.05, 3.63) is 0 Å². The zero-order valence-corrected chi connectivity index (χ0v) is 7.84. The van der Waals surface area contributed by atoms with E-state index < -0.39 is 0 Å². The minimum Gasteiger partial charge on any atom is -0.134 e. The monoisotopic (exact) mass is 146 g/mol. The van der Waals surface area contributed by atoms with Crippen molar-refractivity contribution < 1.29 is 0 Å². The second-order valence-electron chi connectivity index (χ2n) is 2.66. The molecular weight excluding hydrogens is 127 g/mol. The zero-order valence-electron chi connectivity index (χ0n) is 6.69. The molecule has 56 valence electrons. The van der Waals surface area contributed by atoms with Crippen LogP contribution in [0.15, 0.2) is 0 Å². The molecule has 2 unspecified atom stereocenters. The van der Waals surface area contributed by atoms with Crippen molar-refractivity contribution in [1.29, 1.82) is 0 Å². The van der Waals surface area contributed by atoms with Gasteiger partial charge in [0, 0.05) is 0 Å². The van der Waals surface area contributed by atoms with Gasteiger partial charge in [0.25, 0.3) is 0 Å². The van der Waals surface area contributed by atoms with Crippen LogP contribution in [0.2, 0.25) is 0 Å². The molecule has 0 aromatic carbocycles. The van der Waals surface area contributed by atoms with Gasteiger partial charge in [0.1, 0.15) is 0 Å². The van der Waals surface area contributed by atoms with Crippen molar-refractivity contribution in [3.8, 4) is 0 Å². The molecule has 0 aliphatic heterocycles. The lowest BCUT2D eigenvalue weighted by Crippen LogP contribution is -1.93. The second-order valence-corrected chi connectivity index (χ2v) is 3.61. The molecule has 0 aliphatic carbocycles. The van der Waals surface area contributed by atoms with Crippen molar-refractivity contribution in [2.24, 2.45) is 0 Å². The molecule has 0 radical (unpaired) electrons. The first kappa shape index (κ1) is 9.43. The van der Waals surface area contributed by atoms with E-state index in [2.05, 4.69) is 23.1 Å². The molecule has 0 aromatic heterocycles. The highest BCUT2D eigenvalue weighted by Gasteiger charge is 1.95. The normalized spacial score (nSPS) is 13.7. The van der Waals surface area contributed by atoms with Gasteiger partial charge in [0.2, 0.25) is 0 Å². The SMILES string of the molecule is CCCCCC(P)CC. The molecule has 0 bridgehead atoms. The van der Waals surface area contributed by atoms with Gasteiger partial charge in [0.15, 0.2) is 0 Å². The quantitative estimate of drug-likeness (QED) is 0.412. The summed E-state index contributed by atoms with van der Waals surface area (Å²) in [7, 11) is 2.90.